The van der Waals surface area contributed by atoms with Gasteiger partial charge in [0, 0.05) is 61.2 Å². The zero-order valence-corrected chi connectivity index (χ0v) is 42.5. The van der Waals surface area contributed by atoms with Gasteiger partial charge in [-0.3, -0.25) is 28.4 Å². The molecule has 0 aliphatic rings. The van der Waals surface area contributed by atoms with Crippen molar-refractivity contribution in [2.75, 3.05) is 56.9 Å². The molecule has 2 unspecified atom stereocenters. The Balaban J connectivity index is 0.000000216. The third-order valence-corrected chi connectivity index (χ3v) is 13.4. The summed E-state index contributed by atoms with van der Waals surface area (Å²) < 4.78 is 134. The van der Waals surface area contributed by atoms with E-state index in [-0.39, 0.29) is 46.4 Å². The molecule has 0 aliphatic carbocycles. The SMILES string of the molecule is COc1ccnc(Cn2c(S(=O)Cc3nccc(OC)c3OC)nc3cc(OC(F)F)ccc32)c1OC.COc1ccnc(Cn2c(S(=O)Cc3nccc(OC)c3OC)nc3ccc(OC(F)F)cc32)c1OC. The van der Waals surface area contributed by atoms with Crippen LogP contribution in [0.5, 0.6) is 57.5 Å². The fraction of sp³-hybridized carbons (Fsp3) is 0.292. The lowest BCUT2D eigenvalue weighted by molar-refractivity contribution is -0.0504. The molecule has 6 aromatic heterocycles. The molecule has 74 heavy (non-hydrogen) atoms. The average Bonchev–Trinajstić information content (AvgIpc) is 3.95. The molecule has 0 amide bonds. The molecule has 8 aromatic rings. The number of aromatic nitrogens is 8. The molecule has 0 saturated carbocycles. The predicted octanol–water partition coefficient (Wildman–Crippen LogP) is 7.64. The van der Waals surface area contributed by atoms with Crippen molar-refractivity contribution >= 4 is 43.7 Å². The van der Waals surface area contributed by atoms with Crippen molar-refractivity contribution in [1.82, 2.24) is 39.0 Å². The number of imidazole rings is 2. The Morgan fingerprint density at radius 2 is 0.811 bits per heavy atom. The average molecular weight is 1070 g/mol. The quantitative estimate of drug-likeness (QED) is 0.0596. The summed E-state index contributed by atoms with van der Waals surface area (Å²) >= 11 is 0. The minimum atomic E-state index is -3.01. The largest absolute Gasteiger partial charge is 0.493 e. The summed E-state index contributed by atoms with van der Waals surface area (Å²) in [6.45, 7) is -5.84. The highest BCUT2D eigenvalue weighted by atomic mass is 32.2. The highest BCUT2D eigenvalue weighted by molar-refractivity contribution is 7.84. The Morgan fingerprint density at radius 3 is 1.22 bits per heavy atom. The van der Waals surface area contributed by atoms with Gasteiger partial charge >= 0.3 is 13.2 Å². The fourth-order valence-corrected chi connectivity index (χ4v) is 10.1. The van der Waals surface area contributed by atoms with Gasteiger partial charge in [-0.2, -0.15) is 17.6 Å². The van der Waals surface area contributed by atoms with E-state index in [0.717, 1.165) is 0 Å². The Hall–Kier alpha value is -8.00. The van der Waals surface area contributed by atoms with E-state index in [2.05, 4.69) is 39.4 Å². The molecular weight excluding hydrogens is 1020 g/mol. The van der Waals surface area contributed by atoms with Gasteiger partial charge < -0.3 is 56.5 Å². The lowest BCUT2D eigenvalue weighted by Gasteiger charge is -2.15. The van der Waals surface area contributed by atoms with Crippen LogP contribution in [0.4, 0.5) is 17.6 Å². The number of hydrogen-bond acceptors (Lipinski definition) is 18. The number of nitrogens with zero attached hydrogens (tertiary/aromatic N) is 8. The van der Waals surface area contributed by atoms with Crippen LogP contribution in [0.25, 0.3) is 22.1 Å². The summed E-state index contributed by atoms with van der Waals surface area (Å²) in [5.74, 6) is 3.05. The van der Waals surface area contributed by atoms with Crippen molar-refractivity contribution in [1.29, 1.82) is 0 Å². The van der Waals surface area contributed by atoms with Crippen molar-refractivity contribution < 1.29 is 73.3 Å². The Bertz CT molecular complexity index is 3230. The van der Waals surface area contributed by atoms with E-state index >= 15 is 0 Å². The van der Waals surface area contributed by atoms with Gasteiger partial charge in [-0.25, -0.2) is 9.97 Å². The second-order valence-electron chi connectivity index (χ2n) is 15.0. The normalized spacial score (nSPS) is 12.0. The first-order chi connectivity index (χ1) is 35.8. The van der Waals surface area contributed by atoms with Crippen LogP contribution in [0.1, 0.15) is 22.8 Å². The van der Waals surface area contributed by atoms with Crippen molar-refractivity contribution in [3.05, 3.63) is 108 Å². The topological polar surface area (TPSA) is 214 Å². The molecule has 0 aliphatic heterocycles. The summed E-state index contributed by atoms with van der Waals surface area (Å²) in [5.41, 5.74) is 3.43. The van der Waals surface area contributed by atoms with Gasteiger partial charge in [-0.1, -0.05) is 0 Å². The van der Waals surface area contributed by atoms with Gasteiger partial charge in [0.25, 0.3) is 0 Å². The zero-order chi connectivity index (χ0) is 53.1. The summed E-state index contributed by atoms with van der Waals surface area (Å²) in [7, 11) is 8.40. The predicted molar refractivity (Wildman–Crippen MR) is 261 cm³/mol. The first-order valence-corrected chi connectivity index (χ1v) is 24.3. The maximum Gasteiger partial charge on any atom is 0.387 e. The van der Waals surface area contributed by atoms with E-state index in [1.165, 1.54) is 99.6 Å². The Labute approximate surface area is 425 Å². The smallest absolute Gasteiger partial charge is 0.387 e. The number of rotatable bonds is 22. The molecule has 392 valence electrons. The van der Waals surface area contributed by atoms with Crippen LogP contribution in [0, 0.1) is 0 Å². The third kappa shape index (κ3) is 11.9. The lowest BCUT2D eigenvalue weighted by atomic mass is 10.2. The number of methoxy groups -OCH3 is 8. The molecule has 0 N–H and O–H groups in total. The second kappa shape index (κ2) is 24.6. The molecule has 0 bridgehead atoms. The van der Waals surface area contributed by atoms with E-state index in [4.69, 9.17) is 37.9 Å². The maximum absolute atomic E-state index is 13.7. The fourth-order valence-electron chi connectivity index (χ4n) is 7.68. The number of benzene rings is 2. The molecule has 6 heterocycles. The zero-order valence-electron chi connectivity index (χ0n) is 40.9. The summed E-state index contributed by atoms with van der Waals surface area (Å²) in [5, 5.41) is 0.338. The molecular formula is C48H48F4N8O12S2. The van der Waals surface area contributed by atoms with Gasteiger partial charge in [0.05, 0.1) is 137 Å². The number of fused-ring (bicyclic) bond motifs is 2. The molecule has 2 aromatic carbocycles. The van der Waals surface area contributed by atoms with E-state index in [1.54, 1.807) is 51.9 Å². The van der Waals surface area contributed by atoms with Crippen LogP contribution >= 0.6 is 0 Å². The standard InChI is InChI=1S/2C24H24F2N4O6S/c1-32-19-7-9-27-16(21(19)34-3)12-30-18-6-5-14(36-23(25)26)11-15(18)29-24(30)37(31)13-17-22(35-4)20(33-2)8-10-28-17;1-32-19-7-9-27-16(21(19)34-3)12-30-18-11-14(36-23(25)26)5-6-15(18)29-24(30)37(31)13-17-22(35-4)20(33-2)8-10-28-17/h2*5-11,23H,12-13H2,1-4H3. The minimum absolute atomic E-state index is 0.0488. The number of alkyl halides is 4. The van der Waals surface area contributed by atoms with Crippen LogP contribution in [-0.4, -0.2) is 118 Å². The van der Waals surface area contributed by atoms with Gasteiger partial charge in [0.2, 0.25) is 10.3 Å². The second-order valence-corrected chi connectivity index (χ2v) is 17.7. The molecule has 8 rings (SSSR count). The van der Waals surface area contributed by atoms with Gasteiger partial charge in [-0.05, 0) is 24.3 Å². The number of hydrogen-bond donors (Lipinski definition) is 0. The first-order valence-electron chi connectivity index (χ1n) is 21.7. The van der Waals surface area contributed by atoms with Crippen LogP contribution in [0.2, 0.25) is 0 Å². The Kier molecular flexibility index (Phi) is 17.9. The molecule has 20 nitrogen and oxygen atoms in total. The third-order valence-electron chi connectivity index (χ3n) is 10.8. The molecule has 0 spiro atoms. The van der Waals surface area contributed by atoms with Crippen LogP contribution in [-0.2, 0) is 46.2 Å². The van der Waals surface area contributed by atoms with Gasteiger partial charge in [-0.15, -0.1) is 0 Å². The van der Waals surface area contributed by atoms with E-state index in [0.29, 0.717) is 90.8 Å². The maximum atomic E-state index is 13.7. The van der Waals surface area contributed by atoms with Crippen molar-refractivity contribution in [3.63, 3.8) is 0 Å². The lowest BCUT2D eigenvalue weighted by Crippen LogP contribution is -2.12. The number of ether oxygens (including phenoxy) is 10. The molecule has 0 saturated heterocycles. The van der Waals surface area contributed by atoms with E-state index in [1.807, 2.05) is 0 Å². The van der Waals surface area contributed by atoms with Crippen molar-refractivity contribution in [2.24, 2.45) is 0 Å². The van der Waals surface area contributed by atoms with Crippen molar-refractivity contribution in [2.45, 2.75) is 48.1 Å². The van der Waals surface area contributed by atoms with Crippen molar-refractivity contribution in [3.8, 4) is 57.5 Å². The monoisotopic (exact) mass is 1070 g/mol. The molecule has 2 atom stereocenters. The highest BCUT2D eigenvalue weighted by Gasteiger charge is 2.26. The number of halogens is 4. The van der Waals surface area contributed by atoms with E-state index < -0.39 is 34.8 Å². The van der Waals surface area contributed by atoms with Gasteiger partial charge in [0.1, 0.15) is 22.9 Å². The molecule has 26 heteroatoms. The molecule has 0 radical (unpaired) electrons. The summed E-state index contributed by atoms with van der Waals surface area (Å²) in [4.78, 5) is 26.4. The van der Waals surface area contributed by atoms with Crippen LogP contribution in [0.3, 0.4) is 0 Å². The number of pyridine rings is 4. The van der Waals surface area contributed by atoms with Crippen LogP contribution in [0.15, 0.2) is 95.8 Å². The summed E-state index contributed by atoms with van der Waals surface area (Å²) in [6.07, 6.45) is 6.15. The van der Waals surface area contributed by atoms with Gasteiger partial charge in [0.15, 0.2) is 46.0 Å². The molecule has 0 fully saturated rings. The Morgan fingerprint density at radius 1 is 0.446 bits per heavy atom. The minimum Gasteiger partial charge on any atom is -0.493 e. The first kappa shape index (κ1) is 53.8. The van der Waals surface area contributed by atoms with Crippen LogP contribution < -0.4 is 47.4 Å². The highest BCUT2D eigenvalue weighted by Crippen LogP contribution is 2.36. The van der Waals surface area contributed by atoms with E-state index in [9.17, 15) is 26.0 Å². The summed E-state index contributed by atoms with van der Waals surface area (Å²) in [6, 6.07) is 15.2.